The number of carbonyl (C=O) groups excluding carboxylic acids is 3. The Labute approximate surface area is 249 Å². The fraction of sp³-hybridized carbons (Fsp3) is 0.400. The van der Waals surface area contributed by atoms with Gasteiger partial charge in [0, 0.05) is 23.5 Å². The van der Waals surface area contributed by atoms with E-state index in [9.17, 15) is 34.5 Å². The topological polar surface area (TPSA) is 233 Å². The Morgan fingerprint density at radius 3 is 2.21 bits per heavy atom. The van der Waals surface area contributed by atoms with Gasteiger partial charge in [0.2, 0.25) is 17.7 Å². The van der Waals surface area contributed by atoms with E-state index in [2.05, 4.69) is 20.9 Å². The van der Waals surface area contributed by atoms with Crippen molar-refractivity contribution in [2.45, 2.75) is 69.3 Å². The van der Waals surface area contributed by atoms with Crippen LogP contribution in [0, 0.1) is 0 Å². The highest BCUT2D eigenvalue weighted by Gasteiger charge is 2.33. The predicted octanol–water partition coefficient (Wildman–Crippen LogP) is 0.0348. The summed E-state index contributed by atoms with van der Waals surface area (Å²) in [6.07, 6.45) is 1.68. The second-order valence-corrected chi connectivity index (χ2v) is 10.5. The Morgan fingerprint density at radius 2 is 1.56 bits per heavy atom. The summed E-state index contributed by atoms with van der Waals surface area (Å²) in [4.78, 5) is 54.5. The molecule has 1 aromatic heterocycles. The SMILES string of the molecule is CC(O)C(NC(=O)C(Cc1ccc(O)cc1)NC(=O)C(N)Cc1c[nH]c2ccccc12)C(=O)NC(CCCCN)C(=O)O. The van der Waals surface area contributed by atoms with E-state index in [1.807, 2.05) is 24.3 Å². The largest absolute Gasteiger partial charge is 0.508 e. The minimum absolute atomic E-state index is 0.0137. The molecule has 13 heteroatoms. The number of benzene rings is 2. The average molecular weight is 597 g/mol. The van der Waals surface area contributed by atoms with Crippen LogP contribution in [-0.4, -0.2) is 80.8 Å². The molecule has 5 unspecified atom stereocenters. The molecule has 0 radical (unpaired) electrons. The number of carboxylic acid groups (broad SMARTS) is 1. The number of phenolic OH excluding ortho intramolecular Hbond substituents is 1. The van der Waals surface area contributed by atoms with Gasteiger partial charge in [-0.1, -0.05) is 30.3 Å². The summed E-state index contributed by atoms with van der Waals surface area (Å²) in [6, 6.07) is 8.57. The lowest BCUT2D eigenvalue weighted by molar-refractivity contribution is -0.143. The van der Waals surface area contributed by atoms with Gasteiger partial charge in [0.25, 0.3) is 0 Å². The first-order valence-corrected chi connectivity index (χ1v) is 14.1. The Morgan fingerprint density at radius 1 is 0.884 bits per heavy atom. The van der Waals surface area contributed by atoms with Crippen LogP contribution in [0.25, 0.3) is 10.9 Å². The van der Waals surface area contributed by atoms with Gasteiger partial charge in [0.1, 0.15) is 23.9 Å². The van der Waals surface area contributed by atoms with Crippen molar-refractivity contribution in [3.8, 4) is 5.75 Å². The number of phenols is 1. The van der Waals surface area contributed by atoms with Crippen LogP contribution in [0.1, 0.15) is 37.3 Å². The van der Waals surface area contributed by atoms with Crippen molar-refractivity contribution in [3.63, 3.8) is 0 Å². The van der Waals surface area contributed by atoms with Crippen LogP contribution >= 0.6 is 0 Å². The fourth-order valence-corrected chi connectivity index (χ4v) is 4.66. The molecule has 1 heterocycles. The maximum absolute atomic E-state index is 13.5. The van der Waals surface area contributed by atoms with Crippen molar-refractivity contribution in [2.75, 3.05) is 6.54 Å². The number of carbonyl (C=O) groups is 4. The molecule has 232 valence electrons. The number of carboxylic acids is 1. The minimum Gasteiger partial charge on any atom is -0.508 e. The molecule has 0 bridgehead atoms. The van der Waals surface area contributed by atoms with Gasteiger partial charge in [-0.25, -0.2) is 4.79 Å². The molecule has 3 aromatic rings. The zero-order valence-corrected chi connectivity index (χ0v) is 24.0. The molecule has 0 fully saturated rings. The van der Waals surface area contributed by atoms with Gasteiger partial charge in [0.05, 0.1) is 12.1 Å². The van der Waals surface area contributed by atoms with E-state index in [1.54, 1.807) is 18.3 Å². The van der Waals surface area contributed by atoms with E-state index in [0.29, 0.717) is 24.9 Å². The maximum Gasteiger partial charge on any atom is 0.326 e. The number of aromatic nitrogens is 1. The molecule has 3 amide bonds. The highest BCUT2D eigenvalue weighted by atomic mass is 16.4. The van der Waals surface area contributed by atoms with Crippen LogP contribution in [0.5, 0.6) is 5.75 Å². The van der Waals surface area contributed by atoms with Crippen molar-refractivity contribution < 1.29 is 34.5 Å². The molecule has 13 nitrogen and oxygen atoms in total. The number of aromatic hydroxyl groups is 1. The number of H-pyrrole nitrogens is 1. The molecule has 5 atom stereocenters. The van der Waals surface area contributed by atoms with Gasteiger partial charge in [-0.2, -0.15) is 0 Å². The van der Waals surface area contributed by atoms with E-state index < -0.39 is 54.0 Å². The third-order valence-electron chi connectivity index (χ3n) is 7.08. The first-order valence-electron chi connectivity index (χ1n) is 14.1. The van der Waals surface area contributed by atoms with Crippen LogP contribution < -0.4 is 27.4 Å². The number of aromatic amines is 1. The van der Waals surface area contributed by atoms with E-state index in [0.717, 1.165) is 16.5 Å². The standard InChI is InChI=1S/C30H40N6O7/c1-17(37)26(29(41)34-24(30(42)43)8-4-5-13-31)36-28(40)25(14-18-9-11-20(38)12-10-18)35-27(39)22(32)15-19-16-33-23-7-3-2-6-21(19)23/h2-3,6-7,9-12,16-17,22,24-26,33,37-38H,4-5,8,13-15,31-32H2,1H3,(H,34,41)(H,35,39)(H,36,40)(H,42,43). The van der Waals surface area contributed by atoms with E-state index in [-0.39, 0.29) is 25.0 Å². The third kappa shape index (κ3) is 9.53. The second-order valence-electron chi connectivity index (χ2n) is 10.5. The number of nitrogens with two attached hydrogens (primary N) is 2. The van der Waals surface area contributed by atoms with E-state index >= 15 is 0 Å². The Hall–Kier alpha value is -4.46. The molecule has 2 aromatic carbocycles. The lowest BCUT2D eigenvalue weighted by atomic mass is 10.0. The van der Waals surface area contributed by atoms with Gasteiger partial charge in [-0.05, 0) is 68.5 Å². The summed E-state index contributed by atoms with van der Waals surface area (Å²) < 4.78 is 0. The molecular weight excluding hydrogens is 556 g/mol. The quantitative estimate of drug-likeness (QED) is 0.101. The van der Waals surface area contributed by atoms with Crippen molar-refractivity contribution in [1.29, 1.82) is 0 Å². The molecule has 0 spiro atoms. The summed E-state index contributed by atoms with van der Waals surface area (Å²) in [7, 11) is 0. The molecule has 43 heavy (non-hydrogen) atoms. The van der Waals surface area contributed by atoms with E-state index in [1.165, 1.54) is 19.1 Å². The van der Waals surface area contributed by atoms with E-state index in [4.69, 9.17) is 11.5 Å². The summed E-state index contributed by atoms with van der Waals surface area (Å²) in [6.45, 7) is 1.64. The number of amides is 3. The smallest absolute Gasteiger partial charge is 0.326 e. The summed E-state index contributed by atoms with van der Waals surface area (Å²) in [5.74, 6) is -3.55. The van der Waals surface area contributed by atoms with Crippen molar-refractivity contribution in [3.05, 3.63) is 65.9 Å². The van der Waals surface area contributed by atoms with Crippen LogP contribution in [0.15, 0.2) is 54.7 Å². The molecular formula is C30H40N6O7. The summed E-state index contributed by atoms with van der Waals surface area (Å²) >= 11 is 0. The molecule has 0 saturated carbocycles. The minimum atomic E-state index is -1.51. The lowest BCUT2D eigenvalue weighted by Gasteiger charge is -2.26. The molecule has 0 aliphatic heterocycles. The molecule has 0 aliphatic carbocycles. The highest BCUT2D eigenvalue weighted by Crippen LogP contribution is 2.19. The Kier molecular flexibility index (Phi) is 12.0. The van der Waals surface area contributed by atoms with Gasteiger partial charge >= 0.3 is 5.97 Å². The van der Waals surface area contributed by atoms with Crippen molar-refractivity contribution in [2.24, 2.45) is 11.5 Å². The summed E-state index contributed by atoms with van der Waals surface area (Å²) in [5, 5.41) is 37.9. The van der Waals surface area contributed by atoms with Crippen LogP contribution in [-0.2, 0) is 32.0 Å². The number of aliphatic hydroxyl groups excluding tert-OH is 1. The van der Waals surface area contributed by atoms with Crippen LogP contribution in [0.4, 0.5) is 0 Å². The molecule has 0 saturated heterocycles. The number of unbranched alkanes of at least 4 members (excludes halogenated alkanes) is 1. The first-order chi connectivity index (χ1) is 20.5. The number of nitrogens with one attached hydrogen (secondary N) is 4. The maximum atomic E-state index is 13.5. The number of rotatable bonds is 16. The number of aliphatic carboxylic acids is 1. The van der Waals surface area contributed by atoms with Crippen LogP contribution in [0.2, 0.25) is 0 Å². The number of para-hydroxylation sites is 1. The predicted molar refractivity (Wildman–Crippen MR) is 160 cm³/mol. The Balaban J connectivity index is 1.75. The number of fused-ring (bicyclic) bond motifs is 1. The monoisotopic (exact) mass is 596 g/mol. The zero-order chi connectivity index (χ0) is 31.5. The fourth-order valence-electron chi connectivity index (χ4n) is 4.66. The van der Waals surface area contributed by atoms with Gasteiger partial charge in [-0.15, -0.1) is 0 Å². The average Bonchev–Trinajstić information content (AvgIpc) is 3.38. The van der Waals surface area contributed by atoms with Gasteiger partial charge < -0.3 is 47.7 Å². The second kappa shape index (κ2) is 15.7. The molecule has 11 N–H and O–H groups in total. The third-order valence-corrected chi connectivity index (χ3v) is 7.08. The molecule has 3 rings (SSSR count). The van der Waals surface area contributed by atoms with Gasteiger partial charge in [0.15, 0.2) is 0 Å². The number of aliphatic hydroxyl groups is 1. The Bertz CT molecular complexity index is 1390. The number of hydrogen-bond donors (Lipinski definition) is 9. The van der Waals surface area contributed by atoms with Crippen LogP contribution in [0.3, 0.4) is 0 Å². The van der Waals surface area contributed by atoms with Gasteiger partial charge in [-0.3, -0.25) is 14.4 Å². The zero-order valence-electron chi connectivity index (χ0n) is 24.0. The number of hydrogen-bond acceptors (Lipinski definition) is 8. The normalized spacial score (nSPS) is 14.7. The van der Waals surface area contributed by atoms with Crippen molar-refractivity contribution in [1.82, 2.24) is 20.9 Å². The van der Waals surface area contributed by atoms with Crippen molar-refractivity contribution >= 4 is 34.6 Å². The highest BCUT2D eigenvalue weighted by molar-refractivity contribution is 5.95. The first kappa shape index (κ1) is 33.0. The molecule has 0 aliphatic rings. The summed E-state index contributed by atoms with van der Waals surface area (Å²) in [5.41, 5.74) is 14.0. The lowest BCUT2D eigenvalue weighted by Crippen LogP contribution is -2.60.